The lowest BCUT2D eigenvalue weighted by Gasteiger charge is -2.39. The lowest BCUT2D eigenvalue weighted by molar-refractivity contribution is -0.151. The molecule has 0 aromatic heterocycles. The number of nitrogens with zero attached hydrogens (tertiary/aromatic N) is 1. The van der Waals surface area contributed by atoms with Crippen LogP contribution in [-0.4, -0.2) is 54.5 Å². The molecule has 1 aliphatic heterocycles. The molecule has 1 fully saturated rings. The highest BCUT2D eigenvalue weighted by atomic mass is 35.5. The predicted octanol–water partition coefficient (Wildman–Crippen LogP) is 3.80. The number of amides is 1. The second-order valence-electron chi connectivity index (χ2n) is 7.68. The molecular formula is C18H26Cl2N2O4. The van der Waals surface area contributed by atoms with E-state index in [0.717, 1.165) is 5.56 Å². The zero-order valence-corrected chi connectivity index (χ0v) is 17.0. The van der Waals surface area contributed by atoms with Crippen molar-refractivity contribution in [3.8, 4) is 0 Å². The molecule has 0 radical (unpaired) electrons. The van der Waals surface area contributed by atoms with Gasteiger partial charge in [0.05, 0.1) is 29.2 Å². The van der Waals surface area contributed by atoms with Crippen molar-refractivity contribution in [1.29, 1.82) is 0 Å². The van der Waals surface area contributed by atoms with Crippen LogP contribution in [0.3, 0.4) is 0 Å². The molecule has 1 aromatic rings. The van der Waals surface area contributed by atoms with Crippen LogP contribution in [0, 0.1) is 5.41 Å². The third-order valence-electron chi connectivity index (χ3n) is 4.86. The molecule has 0 bridgehead atoms. The number of ether oxygens (including phenoxy) is 2. The van der Waals surface area contributed by atoms with E-state index in [0.29, 0.717) is 10.0 Å². The van der Waals surface area contributed by atoms with E-state index in [-0.39, 0.29) is 31.2 Å². The fraction of sp³-hybridized carbons (Fsp3) is 0.611. The average molecular weight is 405 g/mol. The fourth-order valence-electron chi connectivity index (χ4n) is 3.11. The first-order valence-electron chi connectivity index (χ1n) is 8.37. The molecule has 0 aliphatic carbocycles. The zero-order chi connectivity index (χ0) is 19.7. The summed E-state index contributed by atoms with van der Waals surface area (Å²) >= 11 is 12.2. The minimum Gasteiger partial charge on any atom is -0.465 e. The summed E-state index contributed by atoms with van der Waals surface area (Å²) in [6.07, 6.45) is -1.99. The topological polar surface area (TPSA) is 85.0 Å². The van der Waals surface area contributed by atoms with Gasteiger partial charge in [0.1, 0.15) is 11.7 Å². The molecule has 3 atom stereocenters. The van der Waals surface area contributed by atoms with E-state index in [9.17, 15) is 9.90 Å². The molecule has 1 aliphatic rings. The van der Waals surface area contributed by atoms with E-state index in [4.69, 9.17) is 38.4 Å². The van der Waals surface area contributed by atoms with Crippen LogP contribution in [0.15, 0.2) is 18.2 Å². The lowest BCUT2D eigenvalue weighted by Crippen LogP contribution is -2.53. The Morgan fingerprint density at radius 2 is 2.08 bits per heavy atom. The molecule has 26 heavy (non-hydrogen) atoms. The Morgan fingerprint density at radius 3 is 2.54 bits per heavy atom. The maximum Gasteiger partial charge on any atom is 0.407 e. The molecule has 3 N–H and O–H groups in total. The van der Waals surface area contributed by atoms with Gasteiger partial charge in [0.25, 0.3) is 0 Å². The van der Waals surface area contributed by atoms with Crippen molar-refractivity contribution >= 4 is 29.3 Å². The SMILES string of the molecule is CO[C@@]1(CN)CN(C(=O)O)C[C@@H](C(C)(C)C)O[C@H]1c1ccc(Cl)c(Cl)c1. The molecule has 1 amide bonds. The van der Waals surface area contributed by atoms with Crippen LogP contribution in [0.1, 0.15) is 32.4 Å². The molecule has 146 valence electrons. The Morgan fingerprint density at radius 1 is 1.42 bits per heavy atom. The van der Waals surface area contributed by atoms with Gasteiger partial charge in [0.15, 0.2) is 0 Å². The van der Waals surface area contributed by atoms with Crippen LogP contribution < -0.4 is 5.73 Å². The summed E-state index contributed by atoms with van der Waals surface area (Å²) < 4.78 is 12.2. The number of nitrogens with two attached hydrogens (primary N) is 1. The van der Waals surface area contributed by atoms with Gasteiger partial charge < -0.3 is 25.2 Å². The van der Waals surface area contributed by atoms with Crippen molar-refractivity contribution in [3.05, 3.63) is 33.8 Å². The number of carbonyl (C=O) groups is 1. The summed E-state index contributed by atoms with van der Waals surface area (Å²) in [5.41, 5.74) is 5.45. The smallest absolute Gasteiger partial charge is 0.407 e. The molecule has 1 heterocycles. The normalized spacial score (nSPS) is 27.3. The standard InChI is InChI=1S/C18H26Cl2N2O4/c1-17(2,3)14-8-22(16(23)24)10-18(9-21,25-4)15(26-14)11-5-6-12(19)13(20)7-11/h5-7,14-15H,8-10,21H2,1-4H3,(H,23,24)/t14-,15-,18-/m0/s1. The van der Waals surface area contributed by atoms with Crippen LogP contribution in [0.2, 0.25) is 10.0 Å². The summed E-state index contributed by atoms with van der Waals surface area (Å²) in [5, 5.41) is 10.5. The fourth-order valence-corrected chi connectivity index (χ4v) is 3.42. The van der Waals surface area contributed by atoms with Gasteiger partial charge in [-0.15, -0.1) is 0 Å². The Kier molecular flexibility index (Phi) is 6.46. The van der Waals surface area contributed by atoms with Crippen molar-refractivity contribution < 1.29 is 19.4 Å². The number of hydrogen-bond donors (Lipinski definition) is 2. The lowest BCUT2D eigenvalue weighted by atomic mass is 9.88. The van der Waals surface area contributed by atoms with E-state index >= 15 is 0 Å². The third kappa shape index (κ3) is 4.26. The first-order chi connectivity index (χ1) is 12.0. The van der Waals surface area contributed by atoms with Gasteiger partial charge in [0.2, 0.25) is 0 Å². The Bertz CT molecular complexity index is 659. The van der Waals surface area contributed by atoms with Gasteiger partial charge in [-0.25, -0.2) is 4.79 Å². The quantitative estimate of drug-likeness (QED) is 0.799. The maximum atomic E-state index is 11.8. The molecular weight excluding hydrogens is 379 g/mol. The second kappa shape index (κ2) is 7.90. The number of carboxylic acid groups (broad SMARTS) is 1. The summed E-state index contributed by atoms with van der Waals surface area (Å²) in [4.78, 5) is 13.1. The van der Waals surface area contributed by atoms with E-state index in [1.54, 1.807) is 18.2 Å². The van der Waals surface area contributed by atoms with Crippen molar-refractivity contribution in [3.63, 3.8) is 0 Å². The number of benzene rings is 1. The Labute approximate surface area is 164 Å². The van der Waals surface area contributed by atoms with Gasteiger partial charge in [0, 0.05) is 13.7 Å². The van der Waals surface area contributed by atoms with Crippen LogP contribution >= 0.6 is 23.2 Å². The van der Waals surface area contributed by atoms with Crippen LogP contribution in [0.25, 0.3) is 0 Å². The highest BCUT2D eigenvalue weighted by molar-refractivity contribution is 6.42. The van der Waals surface area contributed by atoms with Crippen molar-refractivity contribution in [2.24, 2.45) is 11.1 Å². The second-order valence-corrected chi connectivity index (χ2v) is 8.49. The summed E-state index contributed by atoms with van der Waals surface area (Å²) in [6.45, 7) is 6.41. The van der Waals surface area contributed by atoms with Gasteiger partial charge in [-0.2, -0.15) is 0 Å². The number of halogens is 2. The van der Waals surface area contributed by atoms with E-state index in [1.807, 2.05) is 20.8 Å². The molecule has 1 aromatic carbocycles. The first kappa shape index (κ1) is 21.3. The minimum atomic E-state index is -1.05. The monoisotopic (exact) mass is 404 g/mol. The molecule has 6 nitrogen and oxygen atoms in total. The van der Waals surface area contributed by atoms with Crippen molar-refractivity contribution in [2.75, 3.05) is 26.7 Å². The third-order valence-corrected chi connectivity index (χ3v) is 5.60. The molecule has 0 unspecified atom stereocenters. The molecule has 2 rings (SSSR count). The summed E-state index contributed by atoms with van der Waals surface area (Å²) in [7, 11) is 1.51. The van der Waals surface area contributed by atoms with Gasteiger partial charge >= 0.3 is 6.09 Å². The highest BCUT2D eigenvalue weighted by Gasteiger charge is 2.48. The minimum absolute atomic E-state index is 0.0784. The van der Waals surface area contributed by atoms with Gasteiger partial charge in [-0.05, 0) is 23.1 Å². The van der Waals surface area contributed by atoms with Crippen LogP contribution in [0.4, 0.5) is 4.79 Å². The van der Waals surface area contributed by atoms with Crippen molar-refractivity contribution in [2.45, 2.75) is 38.6 Å². The van der Waals surface area contributed by atoms with Gasteiger partial charge in [-0.1, -0.05) is 50.0 Å². The maximum absolute atomic E-state index is 11.8. The molecule has 0 saturated carbocycles. The average Bonchev–Trinajstić information content (AvgIpc) is 2.75. The Hall–Kier alpha value is -1.05. The first-order valence-corrected chi connectivity index (χ1v) is 9.13. The molecule has 8 heteroatoms. The zero-order valence-electron chi connectivity index (χ0n) is 15.5. The number of rotatable bonds is 3. The number of hydrogen-bond acceptors (Lipinski definition) is 4. The van der Waals surface area contributed by atoms with E-state index < -0.39 is 17.8 Å². The largest absolute Gasteiger partial charge is 0.465 e. The van der Waals surface area contributed by atoms with E-state index in [2.05, 4.69) is 0 Å². The summed E-state index contributed by atoms with van der Waals surface area (Å²) in [5.74, 6) is 0. The molecule has 0 spiro atoms. The Balaban J connectivity index is 2.58. The number of methoxy groups -OCH3 is 1. The molecule has 1 saturated heterocycles. The van der Waals surface area contributed by atoms with Crippen LogP contribution in [0.5, 0.6) is 0 Å². The highest BCUT2D eigenvalue weighted by Crippen LogP contribution is 2.41. The van der Waals surface area contributed by atoms with Gasteiger partial charge in [-0.3, -0.25) is 0 Å². The predicted molar refractivity (Wildman–Crippen MR) is 102 cm³/mol. The summed E-state index contributed by atoms with van der Waals surface area (Å²) in [6, 6.07) is 5.21. The van der Waals surface area contributed by atoms with Crippen molar-refractivity contribution in [1.82, 2.24) is 4.90 Å². The van der Waals surface area contributed by atoms with E-state index in [1.165, 1.54) is 12.0 Å². The van der Waals surface area contributed by atoms with Crippen LogP contribution in [-0.2, 0) is 9.47 Å².